The zero-order valence-electron chi connectivity index (χ0n) is 16.6. The van der Waals surface area contributed by atoms with Crippen LogP contribution in [0, 0.1) is 0 Å². The number of rotatable bonds is 5. The number of benzene rings is 1. The second kappa shape index (κ2) is 8.82. The maximum absolute atomic E-state index is 13.2. The van der Waals surface area contributed by atoms with Crippen LogP contribution >= 0.6 is 0 Å². The number of nitrogens with one attached hydrogen (secondary N) is 1. The highest BCUT2D eigenvalue weighted by Gasteiger charge is 2.35. The quantitative estimate of drug-likeness (QED) is 0.820. The highest BCUT2D eigenvalue weighted by atomic mass is 19.4. The van der Waals surface area contributed by atoms with Crippen LogP contribution in [-0.2, 0) is 23.8 Å². The fourth-order valence-corrected chi connectivity index (χ4v) is 4.40. The Kier molecular flexibility index (Phi) is 6.65. The van der Waals surface area contributed by atoms with E-state index in [1.165, 1.54) is 0 Å². The minimum Gasteiger partial charge on any atom is -0.379 e. The molecule has 1 aromatic carbocycles. The Hall–Kier alpha value is -1.60. The van der Waals surface area contributed by atoms with E-state index in [1.54, 1.807) is 13.8 Å². The van der Waals surface area contributed by atoms with Gasteiger partial charge in [-0.2, -0.15) is 13.2 Å². The molecule has 2 fully saturated rings. The van der Waals surface area contributed by atoms with E-state index in [-0.39, 0.29) is 18.0 Å². The average Bonchev–Trinajstić information content (AvgIpc) is 3.21. The van der Waals surface area contributed by atoms with Gasteiger partial charge in [0.1, 0.15) is 0 Å². The standard InChI is InChI=1S/C21H29F3N2O2/c1-3-14-11-16(21(22,23)24)12-15(4-2)19(14)20(27)25-17-13-28-10-7-18(17)26-8-5-6-9-26/h11-12,17-18H,3-10,13H2,1-2H3,(H,25,27). The Balaban J connectivity index is 1.86. The fourth-order valence-electron chi connectivity index (χ4n) is 4.40. The first kappa shape index (κ1) is 21.1. The number of aryl methyl sites for hydroxylation is 2. The number of carbonyl (C=O) groups excluding carboxylic acids is 1. The smallest absolute Gasteiger partial charge is 0.379 e. The molecular formula is C21H29F3N2O2. The van der Waals surface area contributed by atoms with Crippen LogP contribution < -0.4 is 5.32 Å². The minimum absolute atomic E-state index is 0.143. The average molecular weight is 398 g/mol. The van der Waals surface area contributed by atoms with Crippen LogP contribution in [0.4, 0.5) is 13.2 Å². The van der Waals surface area contributed by atoms with Gasteiger partial charge in [0.05, 0.1) is 18.2 Å². The van der Waals surface area contributed by atoms with E-state index in [1.807, 2.05) is 0 Å². The van der Waals surface area contributed by atoms with Gasteiger partial charge in [0, 0.05) is 18.2 Å². The summed E-state index contributed by atoms with van der Waals surface area (Å²) in [4.78, 5) is 15.5. The number of amides is 1. The molecule has 1 aromatic rings. The number of likely N-dealkylation sites (tertiary alicyclic amines) is 1. The molecule has 156 valence electrons. The van der Waals surface area contributed by atoms with E-state index in [2.05, 4.69) is 10.2 Å². The van der Waals surface area contributed by atoms with E-state index in [9.17, 15) is 18.0 Å². The second-order valence-corrected chi connectivity index (χ2v) is 7.63. The minimum atomic E-state index is -4.42. The topological polar surface area (TPSA) is 41.6 Å². The van der Waals surface area contributed by atoms with Crippen molar-refractivity contribution in [3.63, 3.8) is 0 Å². The molecule has 4 nitrogen and oxygen atoms in total. The largest absolute Gasteiger partial charge is 0.416 e. The van der Waals surface area contributed by atoms with Gasteiger partial charge < -0.3 is 10.1 Å². The summed E-state index contributed by atoms with van der Waals surface area (Å²) in [6.45, 7) is 6.73. The molecule has 2 atom stereocenters. The predicted octanol–water partition coefficient (Wildman–Crippen LogP) is 3.81. The predicted molar refractivity (Wildman–Crippen MR) is 101 cm³/mol. The monoisotopic (exact) mass is 398 g/mol. The first-order chi connectivity index (χ1) is 13.3. The summed E-state index contributed by atoms with van der Waals surface area (Å²) in [5.74, 6) is -0.290. The Morgan fingerprint density at radius 2 is 1.79 bits per heavy atom. The fraction of sp³-hybridized carbons (Fsp3) is 0.667. The van der Waals surface area contributed by atoms with Crippen LogP contribution in [0.5, 0.6) is 0 Å². The maximum Gasteiger partial charge on any atom is 0.416 e. The Morgan fingerprint density at radius 3 is 2.32 bits per heavy atom. The zero-order valence-corrected chi connectivity index (χ0v) is 16.6. The van der Waals surface area contributed by atoms with Gasteiger partial charge in [-0.3, -0.25) is 9.69 Å². The van der Waals surface area contributed by atoms with Crippen molar-refractivity contribution in [2.24, 2.45) is 0 Å². The molecule has 0 aromatic heterocycles. The number of hydrogen-bond acceptors (Lipinski definition) is 3. The molecule has 0 radical (unpaired) electrons. The SMILES string of the molecule is CCc1cc(C(F)(F)F)cc(CC)c1C(=O)NC1COCCC1N1CCCC1. The molecule has 0 spiro atoms. The summed E-state index contributed by atoms with van der Waals surface area (Å²) in [7, 11) is 0. The third-order valence-electron chi connectivity index (χ3n) is 5.86. The summed E-state index contributed by atoms with van der Waals surface area (Å²) < 4.78 is 45.3. The van der Waals surface area contributed by atoms with Gasteiger partial charge in [-0.15, -0.1) is 0 Å². The van der Waals surface area contributed by atoms with Crippen molar-refractivity contribution in [3.05, 3.63) is 34.4 Å². The molecule has 2 saturated heterocycles. The van der Waals surface area contributed by atoms with E-state index in [4.69, 9.17) is 4.74 Å². The molecule has 3 rings (SSSR count). The van der Waals surface area contributed by atoms with Crippen molar-refractivity contribution >= 4 is 5.91 Å². The van der Waals surface area contributed by atoms with Crippen molar-refractivity contribution < 1.29 is 22.7 Å². The first-order valence-electron chi connectivity index (χ1n) is 10.2. The van der Waals surface area contributed by atoms with Gasteiger partial charge >= 0.3 is 6.18 Å². The molecule has 1 N–H and O–H groups in total. The number of alkyl halides is 3. The molecular weight excluding hydrogens is 369 g/mol. The molecule has 2 heterocycles. The summed E-state index contributed by atoms with van der Waals surface area (Å²) in [5.41, 5.74) is 0.592. The molecule has 28 heavy (non-hydrogen) atoms. The van der Waals surface area contributed by atoms with Crippen molar-refractivity contribution in [2.75, 3.05) is 26.3 Å². The van der Waals surface area contributed by atoms with E-state index < -0.39 is 11.7 Å². The van der Waals surface area contributed by atoms with Crippen molar-refractivity contribution in [1.29, 1.82) is 0 Å². The van der Waals surface area contributed by atoms with Crippen molar-refractivity contribution in [3.8, 4) is 0 Å². The summed E-state index contributed by atoms with van der Waals surface area (Å²) in [6.07, 6.45) is -0.485. The summed E-state index contributed by atoms with van der Waals surface area (Å²) >= 11 is 0. The molecule has 0 saturated carbocycles. The van der Waals surface area contributed by atoms with Gasteiger partial charge in [0.25, 0.3) is 5.91 Å². The van der Waals surface area contributed by atoms with Crippen LogP contribution in [0.3, 0.4) is 0 Å². The lowest BCUT2D eigenvalue weighted by Gasteiger charge is -2.38. The van der Waals surface area contributed by atoms with E-state index in [0.717, 1.165) is 44.5 Å². The third-order valence-corrected chi connectivity index (χ3v) is 5.86. The Labute approximate surface area is 164 Å². The molecule has 2 aliphatic heterocycles. The number of ether oxygens (including phenoxy) is 1. The molecule has 0 bridgehead atoms. The van der Waals surface area contributed by atoms with Gasteiger partial charge in [0.15, 0.2) is 0 Å². The second-order valence-electron chi connectivity index (χ2n) is 7.63. The zero-order chi connectivity index (χ0) is 20.3. The normalized spacial score (nSPS) is 23.8. The summed E-state index contributed by atoms with van der Waals surface area (Å²) in [6, 6.07) is 2.31. The highest BCUT2D eigenvalue weighted by molar-refractivity contribution is 5.97. The maximum atomic E-state index is 13.2. The molecule has 1 amide bonds. The van der Waals surface area contributed by atoms with E-state index >= 15 is 0 Å². The lowest BCUT2D eigenvalue weighted by Crippen LogP contribution is -2.56. The van der Waals surface area contributed by atoms with Gasteiger partial charge in [-0.1, -0.05) is 13.8 Å². The summed E-state index contributed by atoms with van der Waals surface area (Å²) in [5, 5.41) is 3.08. The number of halogens is 3. The number of nitrogens with zero attached hydrogens (tertiary/aromatic N) is 1. The molecule has 2 aliphatic rings. The van der Waals surface area contributed by atoms with Crippen LogP contribution in [0.2, 0.25) is 0 Å². The molecule has 2 unspecified atom stereocenters. The lowest BCUT2D eigenvalue weighted by atomic mass is 9.93. The van der Waals surface area contributed by atoms with Crippen LogP contribution in [0.1, 0.15) is 60.2 Å². The third kappa shape index (κ3) is 4.51. The van der Waals surface area contributed by atoms with Crippen LogP contribution in [-0.4, -0.2) is 49.2 Å². The van der Waals surface area contributed by atoms with E-state index in [0.29, 0.717) is 42.7 Å². The highest BCUT2D eigenvalue weighted by Crippen LogP contribution is 2.33. The first-order valence-corrected chi connectivity index (χ1v) is 10.2. The Bertz CT molecular complexity index is 674. The van der Waals surface area contributed by atoms with Crippen LogP contribution in [0.15, 0.2) is 12.1 Å². The molecule has 0 aliphatic carbocycles. The molecule has 7 heteroatoms. The van der Waals surface area contributed by atoms with Gasteiger partial charge in [-0.05, 0) is 68.5 Å². The van der Waals surface area contributed by atoms with Gasteiger partial charge in [0.2, 0.25) is 0 Å². The number of carbonyl (C=O) groups is 1. The lowest BCUT2D eigenvalue weighted by molar-refractivity contribution is -0.137. The van der Waals surface area contributed by atoms with Crippen LogP contribution in [0.25, 0.3) is 0 Å². The van der Waals surface area contributed by atoms with Crippen molar-refractivity contribution in [1.82, 2.24) is 10.2 Å². The van der Waals surface area contributed by atoms with Crippen molar-refractivity contribution in [2.45, 2.75) is 64.2 Å². The number of hydrogen-bond donors (Lipinski definition) is 1. The van der Waals surface area contributed by atoms with Gasteiger partial charge in [-0.25, -0.2) is 0 Å². The Morgan fingerprint density at radius 1 is 1.18 bits per heavy atom.